The molecule has 0 aliphatic carbocycles. The standard InChI is InChI=1S/C17H17N3O3/c1-22-12-6-8-13(9-7-12)23-11-10-18-17-19-15-5-3-2-4-14(15)16(21)20-17/h2-9H,10-11H2,1H3,(H2,18,19,20,21). The average Bonchev–Trinajstić information content (AvgIpc) is 2.59. The fourth-order valence-electron chi connectivity index (χ4n) is 2.18. The smallest absolute Gasteiger partial charge is 0.260 e. The van der Waals surface area contributed by atoms with Crippen molar-refractivity contribution in [1.82, 2.24) is 9.97 Å². The predicted octanol–water partition coefficient (Wildman–Crippen LogP) is 2.42. The molecule has 23 heavy (non-hydrogen) atoms. The maximum Gasteiger partial charge on any atom is 0.260 e. The molecule has 2 aromatic carbocycles. The van der Waals surface area contributed by atoms with Gasteiger partial charge in [-0.1, -0.05) is 12.1 Å². The highest BCUT2D eigenvalue weighted by Gasteiger charge is 2.02. The van der Waals surface area contributed by atoms with E-state index >= 15 is 0 Å². The van der Waals surface area contributed by atoms with Crippen LogP contribution in [0.25, 0.3) is 10.9 Å². The Morgan fingerprint density at radius 3 is 2.61 bits per heavy atom. The molecule has 118 valence electrons. The van der Waals surface area contributed by atoms with E-state index in [0.29, 0.717) is 30.0 Å². The van der Waals surface area contributed by atoms with E-state index < -0.39 is 0 Å². The number of aromatic amines is 1. The number of nitrogens with one attached hydrogen (secondary N) is 2. The normalized spacial score (nSPS) is 10.5. The second-order valence-corrected chi connectivity index (χ2v) is 4.88. The number of rotatable bonds is 6. The lowest BCUT2D eigenvalue weighted by Gasteiger charge is -2.09. The molecule has 0 fully saturated rings. The van der Waals surface area contributed by atoms with Gasteiger partial charge in [0, 0.05) is 0 Å². The van der Waals surface area contributed by atoms with Gasteiger partial charge < -0.3 is 14.8 Å². The van der Waals surface area contributed by atoms with E-state index in [1.54, 1.807) is 13.2 Å². The second kappa shape index (κ2) is 6.83. The molecule has 0 bridgehead atoms. The van der Waals surface area contributed by atoms with Crippen LogP contribution in [0.15, 0.2) is 53.3 Å². The van der Waals surface area contributed by atoms with E-state index in [1.807, 2.05) is 42.5 Å². The molecule has 1 aromatic heterocycles. The van der Waals surface area contributed by atoms with Gasteiger partial charge in [-0.2, -0.15) is 0 Å². The molecule has 0 radical (unpaired) electrons. The van der Waals surface area contributed by atoms with Crippen molar-refractivity contribution in [3.63, 3.8) is 0 Å². The summed E-state index contributed by atoms with van der Waals surface area (Å²) in [5.74, 6) is 1.98. The summed E-state index contributed by atoms with van der Waals surface area (Å²) in [7, 11) is 1.62. The number of H-pyrrole nitrogens is 1. The molecule has 0 saturated carbocycles. The molecular weight excluding hydrogens is 294 g/mol. The van der Waals surface area contributed by atoms with Crippen LogP contribution >= 0.6 is 0 Å². The molecule has 1 heterocycles. The largest absolute Gasteiger partial charge is 0.497 e. The van der Waals surface area contributed by atoms with Crippen molar-refractivity contribution in [1.29, 1.82) is 0 Å². The minimum atomic E-state index is -0.158. The number of fused-ring (bicyclic) bond motifs is 1. The second-order valence-electron chi connectivity index (χ2n) is 4.88. The molecule has 2 N–H and O–H groups in total. The van der Waals surface area contributed by atoms with Crippen LogP contribution in [0.2, 0.25) is 0 Å². The number of aromatic nitrogens is 2. The zero-order chi connectivity index (χ0) is 16.1. The Bertz CT molecular complexity index is 844. The SMILES string of the molecule is COc1ccc(OCCNc2nc3ccccc3c(=O)[nH]2)cc1. The summed E-state index contributed by atoms with van der Waals surface area (Å²) in [6.45, 7) is 0.968. The third kappa shape index (κ3) is 3.60. The van der Waals surface area contributed by atoms with Crippen LogP contribution in [0, 0.1) is 0 Å². The van der Waals surface area contributed by atoms with Crippen LogP contribution < -0.4 is 20.3 Å². The molecule has 0 aliphatic heterocycles. The molecule has 0 saturated heterocycles. The van der Waals surface area contributed by atoms with E-state index in [1.165, 1.54) is 0 Å². The first-order valence-corrected chi connectivity index (χ1v) is 7.26. The number of methoxy groups -OCH3 is 1. The molecule has 3 rings (SSSR count). The lowest BCUT2D eigenvalue weighted by atomic mass is 10.2. The van der Waals surface area contributed by atoms with E-state index in [4.69, 9.17) is 9.47 Å². The highest BCUT2D eigenvalue weighted by molar-refractivity contribution is 5.78. The molecular formula is C17H17N3O3. The highest BCUT2D eigenvalue weighted by atomic mass is 16.5. The minimum Gasteiger partial charge on any atom is -0.497 e. The molecule has 0 unspecified atom stereocenters. The maximum atomic E-state index is 11.9. The van der Waals surface area contributed by atoms with Gasteiger partial charge >= 0.3 is 0 Å². The predicted molar refractivity (Wildman–Crippen MR) is 89.3 cm³/mol. The van der Waals surface area contributed by atoms with Crippen molar-refractivity contribution in [3.8, 4) is 11.5 Å². The van der Waals surface area contributed by atoms with Gasteiger partial charge in [-0.15, -0.1) is 0 Å². The van der Waals surface area contributed by atoms with Crippen LogP contribution in [-0.2, 0) is 0 Å². The van der Waals surface area contributed by atoms with Crippen LogP contribution in [0.4, 0.5) is 5.95 Å². The Labute approximate surface area is 133 Å². The van der Waals surface area contributed by atoms with E-state index in [0.717, 1.165) is 11.5 Å². The lowest BCUT2D eigenvalue weighted by Crippen LogP contribution is -2.17. The summed E-state index contributed by atoms with van der Waals surface area (Å²) in [5, 5.41) is 3.63. The summed E-state index contributed by atoms with van der Waals surface area (Å²) in [5.41, 5.74) is 0.504. The van der Waals surface area contributed by atoms with Crippen LogP contribution in [0.3, 0.4) is 0 Å². The Balaban J connectivity index is 1.57. The molecule has 3 aromatic rings. The van der Waals surface area contributed by atoms with Crippen molar-refractivity contribution in [2.45, 2.75) is 0 Å². The first kappa shape index (κ1) is 14.9. The molecule has 0 aliphatic rings. The molecule has 6 heteroatoms. The Morgan fingerprint density at radius 1 is 1.09 bits per heavy atom. The molecule has 6 nitrogen and oxygen atoms in total. The monoisotopic (exact) mass is 311 g/mol. The van der Waals surface area contributed by atoms with E-state index in [-0.39, 0.29) is 5.56 Å². The molecule has 0 spiro atoms. The van der Waals surface area contributed by atoms with E-state index in [9.17, 15) is 4.79 Å². The van der Waals surface area contributed by atoms with E-state index in [2.05, 4.69) is 15.3 Å². The van der Waals surface area contributed by atoms with Gasteiger partial charge in [0.15, 0.2) is 0 Å². The van der Waals surface area contributed by atoms with Crippen LogP contribution in [-0.4, -0.2) is 30.2 Å². The van der Waals surface area contributed by atoms with Gasteiger partial charge in [0.25, 0.3) is 5.56 Å². The Hall–Kier alpha value is -3.02. The maximum absolute atomic E-state index is 11.9. The average molecular weight is 311 g/mol. The highest BCUT2D eigenvalue weighted by Crippen LogP contribution is 2.16. The zero-order valence-corrected chi connectivity index (χ0v) is 12.7. The quantitative estimate of drug-likeness (QED) is 0.684. The first-order chi connectivity index (χ1) is 11.3. The fraction of sp³-hybridized carbons (Fsp3) is 0.176. The lowest BCUT2D eigenvalue weighted by molar-refractivity contribution is 0.331. The van der Waals surface area contributed by atoms with Crippen molar-refractivity contribution >= 4 is 16.9 Å². The summed E-state index contributed by atoms with van der Waals surface area (Å²) in [6.07, 6.45) is 0. The van der Waals surface area contributed by atoms with Gasteiger partial charge in [0.1, 0.15) is 18.1 Å². The minimum absolute atomic E-state index is 0.158. The van der Waals surface area contributed by atoms with Gasteiger partial charge in [-0.25, -0.2) is 4.98 Å². The third-order valence-electron chi connectivity index (χ3n) is 3.34. The topological polar surface area (TPSA) is 76.2 Å². The number of nitrogens with zero attached hydrogens (tertiary/aromatic N) is 1. The van der Waals surface area contributed by atoms with Crippen LogP contribution in [0.5, 0.6) is 11.5 Å². The van der Waals surface area contributed by atoms with Gasteiger partial charge in [-0.05, 0) is 36.4 Å². The Kier molecular flexibility index (Phi) is 4.42. The van der Waals surface area contributed by atoms with Crippen molar-refractivity contribution in [2.24, 2.45) is 0 Å². The zero-order valence-electron chi connectivity index (χ0n) is 12.7. The first-order valence-electron chi connectivity index (χ1n) is 7.26. The number of anilines is 1. The third-order valence-corrected chi connectivity index (χ3v) is 3.34. The number of ether oxygens (including phenoxy) is 2. The van der Waals surface area contributed by atoms with Gasteiger partial charge in [0.2, 0.25) is 5.95 Å². The summed E-state index contributed by atoms with van der Waals surface area (Å²) < 4.78 is 10.7. The Morgan fingerprint density at radius 2 is 1.83 bits per heavy atom. The molecule has 0 amide bonds. The van der Waals surface area contributed by atoms with Gasteiger partial charge in [0.05, 0.1) is 24.6 Å². The number of hydrogen-bond acceptors (Lipinski definition) is 5. The van der Waals surface area contributed by atoms with Gasteiger partial charge in [-0.3, -0.25) is 9.78 Å². The summed E-state index contributed by atoms with van der Waals surface area (Å²) >= 11 is 0. The molecule has 0 atom stereocenters. The summed E-state index contributed by atoms with van der Waals surface area (Å²) in [4.78, 5) is 19.0. The van der Waals surface area contributed by atoms with Crippen molar-refractivity contribution < 1.29 is 9.47 Å². The number of para-hydroxylation sites is 1. The number of benzene rings is 2. The number of hydrogen-bond donors (Lipinski definition) is 2. The van der Waals surface area contributed by atoms with Crippen molar-refractivity contribution in [3.05, 3.63) is 58.9 Å². The van der Waals surface area contributed by atoms with Crippen molar-refractivity contribution in [2.75, 3.05) is 25.6 Å². The summed E-state index contributed by atoms with van der Waals surface area (Å²) in [6, 6.07) is 14.6. The van der Waals surface area contributed by atoms with Crippen LogP contribution in [0.1, 0.15) is 0 Å². The fourth-order valence-corrected chi connectivity index (χ4v) is 2.18.